The van der Waals surface area contributed by atoms with E-state index in [0.717, 1.165) is 32.4 Å². The molecule has 3 aromatic rings. The highest BCUT2D eigenvalue weighted by Gasteiger charge is 2.48. The van der Waals surface area contributed by atoms with Crippen molar-refractivity contribution in [3.8, 4) is 27.1 Å². The maximum Gasteiger partial charge on any atom is 0.225 e. The predicted molar refractivity (Wildman–Crippen MR) is 152 cm³/mol. The highest BCUT2D eigenvalue weighted by atomic mass is 32.2. The zero-order chi connectivity index (χ0) is 27.9. The Hall–Kier alpha value is -3.36. The lowest BCUT2D eigenvalue weighted by molar-refractivity contribution is -0.128. The van der Waals surface area contributed by atoms with Crippen LogP contribution < -0.4 is 10.2 Å². The number of carbonyl (C=O) groups excluding carboxylic acids is 1. The van der Waals surface area contributed by atoms with E-state index in [-0.39, 0.29) is 29.8 Å². The van der Waals surface area contributed by atoms with Gasteiger partial charge in [-0.25, -0.2) is 17.8 Å². The van der Waals surface area contributed by atoms with E-state index < -0.39 is 27.5 Å². The molecular formula is C29H30FN5O3S2. The monoisotopic (exact) mass is 579 g/mol. The SMILES string of the molecule is N#CC1(NC(=O)C2CC(F)CCC2c2nc(-c3cccnc3)sc2-c2ccc(N3CCS(=O)(=O)CC3)cc2)CC1. The van der Waals surface area contributed by atoms with Crippen molar-refractivity contribution in [3.63, 3.8) is 0 Å². The lowest BCUT2D eigenvalue weighted by atomic mass is 9.75. The second kappa shape index (κ2) is 10.6. The van der Waals surface area contributed by atoms with Crippen LogP contribution in [0.2, 0.25) is 0 Å². The molecule has 2 aliphatic carbocycles. The molecule has 11 heteroatoms. The molecule has 3 fully saturated rings. The van der Waals surface area contributed by atoms with Crippen LogP contribution in [0.25, 0.3) is 21.0 Å². The molecule has 2 aromatic heterocycles. The van der Waals surface area contributed by atoms with E-state index in [2.05, 4.69) is 21.3 Å². The summed E-state index contributed by atoms with van der Waals surface area (Å²) in [6.07, 6.45) is 4.57. The fourth-order valence-electron chi connectivity index (χ4n) is 5.65. The second-order valence-corrected chi connectivity index (χ2v) is 14.3. The number of halogens is 1. The molecule has 3 heterocycles. The molecule has 1 aliphatic heterocycles. The van der Waals surface area contributed by atoms with Crippen molar-refractivity contribution in [2.45, 2.75) is 49.7 Å². The summed E-state index contributed by atoms with van der Waals surface area (Å²) in [5, 5.41) is 13.2. The van der Waals surface area contributed by atoms with Crippen molar-refractivity contribution < 1.29 is 17.6 Å². The van der Waals surface area contributed by atoms with E-state index in [1.807, 2.05) is 36.4 Å². The normalized spacial score (nSPS) is 25.1. The Kier molecular flexibility index (Phi) is 7.09. The molecule has 0 radical (unpaired) electrons. The van der Waals surface area contributed by atoms with E-state index in [1.54, 1.807) is 12.4 Å². The third kappa shape index (κ3) is 5.47. The van der Waals surface area contributed by atoms with Crippen LogP contribution in [-0.2, 0) is 14.6 Å². The lowest BCUT2D eigenvalue weighted by Gasteiger charge is -2.32. The van der Waals surface area contributed by atoms with Crippen LogP contribution in [0.5, 0.6) is 0 Å². The molecule has 6 rings (SSSR count). The van der Waals surface area contributed by atoms with Gasteiger partial charge in [0.15, 0.2) is 9.84 Å². The van der Waals surface area contributed by atoms with E-state index in [4.69, 9.17) is 4.98 Å². The minimum Gasteiger partial charge on any atom is -0.369 e. The van der Waals surface area contributed by atoms with Gasteiger partial charge in [-0.15, -0.1) is 11.3 Å². The molecule has 1 N–H and O–H groups in total. The number of thiazole rings is 1. The van der Waals surface area contributed by atoms with E-state index >= 15 is 0 Å². The maximum atomic E-state index is 14.7. The number of anilines is 1. The molecule has 3 unspecified atom stereocenters. The van der Waals surface area contributed by atoms with Crippen molar-refractivity contribution in [3.05, 3.63) is 54.5 Å². The van der Waals surface area contributed by atoms with Crippen LogP contribution >= 0.6 is 11.3 Å². The number of pyridine rings is 1. The minimum atomic E-state index is -2.97. The van der Waals surface area contributed by atoms with E-state index in [0.29, 0.717) is 38.8 Å². The summed E-state index contributed by atoms with van der Waals surface area (Å²) in [6.45, 7) is 0.929. The van der Waals surface area contributed by atoms with Gasteiger partial charge in [-0.3, -0.25) is 9.78 Å². The Morgan fingerprint density at radius 3 is 2.52 bits per heavy atom. The molecule has 0 bridgehead atoms. The van der Waals surface area contributed by atoms with Crippen molar-refractivity contribution in [1.82, 2.24) is 15.3 Å². The Morgan fingerprint density at radius 1 is 1.12 bits per heavy atom. The number of nitriles is 1. The van der Waals surface area contributed by atoms with Gasteiger partial charge in [-0.05, 0) is 61.9 Å². The average Bonchev–Trinajstić information content (AvgIpc) is 3.60. The van der Waals surface area contributed by atoms with Gasteiger partial charge in [0, 0.05) is 48.6 Å². The quantitative estimate of drug-likeness (QED) is 0.457. The summed E-state index contributed by atoms with van der Waals surface area (Å²) >= 11 is 1.52. The average molecular weight is 580 g/mol. The van der Waals surface area contributed by atoms with Gasteiger partial charge in [-0.2, -0.15) is 5.26 Å². The van der Waals surface area contributed by atoms with Crippen LogP contribution in [0, 0.1) is 17.2 Å². The van der Waals surface area contributed by atoms with Gasteiger partial charge in [-0.1, -0.05) is 12.1 Å². The van der Waals surface area contributed by atoms with Crippen molar-refractivity contribution in [1.29, 1.82) is 5.26 Å². The Bertz CT molecular complexity index is 1530. The van der Waals surface area contributed by atoms with Gasteiger partial charge < -0.3 is 10.2 Å². The fourth-order valence-corrected chi connectivity index (χ4v) is 7.98. The molecule has 8 nitrogen and oxygen atoms in total. The molecule has 1 amide bonds. The zero-order valence-electron chi connectivity index (χ0n) is 21.9. The van der Waals surface area contributed by atoms with Gasteiger partial charge >= 0.3 is 0 Å². The number of carbonyl (C=O) groups is 1. The first-order valence-electron chi connectivity index (χ1n) is 13.6. The van der Waals surface area contributed by atoms with Gasteiger partial charge in [0.05, 0.1) is 28.1 Å². The molecule has 1 aromatic carbocycles. The smallest absolute Gasteiger partial charge is 0.225 e. The van der Waals surface area contributed by atoms with Crippen LogP contribution in [-0.4, -0.2) is 60.6 Å². The summed E-state index contributed by atoms with van der Waals surface area (Å²) < 4.78 is 38.4. The Balaban J connectivity index is 1.35. The summed E-state index contributed by atoms with van der Waals surface area (Å²) in [6, 6.07) is 14.0. The van der Waals surface area contributed by atoms with E-state index in [9.17, 15) is 22.9 Å². The van der Waals surface area contributed by atoms with E-state index in [1.165, 1.54) is 11.3 Å². The second-order valence-electron chi connectivity index (χ2n) is 11.0. The predicted octanol–water partition coefficient (Wildman–Crippen LogP) is 4.50. The summed E-state index contributed by atoms with van der Waals surface area (Å²) in [5.74, 6) is -0.882. The number of hydrogen-bond donors (Lipinski definition) is 1. The fraction of sp³-hybridized carbons (Fsp3) is 0.448. The number of aromatic nitrogens is 2. The molecule has 3 aliphatic rings. The number of hydrogen-bond acceptors (Lipinski definition) is 8. The third-order valence-corrected chi connectivity index (χ3v) is 11.0. The molecule has 40 heavy (non-hydrogen) atoms. The van der Waals surface area contributed by atoms with Gasteiger partial charge in [0.25, 0.3) is 0 Å². The Labute approximate surface area is 237 Å². The lowest BCUT2D eigenvalue weighted by Crippen LogP contribution is -2.44. The first-order chi connectivity index (χ1) is 19.3. The van der Waals surface area contributed by atoms with Gasteiger partial charge in [0.1, 0.15) is 16.7 Å². The number of sulfone groups is 1. The standard InChI is InChI=1S/C29H30FN5O3S2/c30-21-5-8-23(24(16-21)27(36)34-29(18-31)9-10-29)25-26(39-28(33-25)20-2-1-11-32-17-20)19-3-6-22(7-4-19)35-12-14-40(37,38)15-13-35/h1-4,6-7,11,17,21,23-24H,5,8-10,12-16H2,(H,34,36). The number of amides is 1. The summed E-state index contributed by atoms with van der Waals surface area (Å²) in [5.41, 5.74) is 2.72. The molecule has 3 atom stereocenters. The zero-order valence-corrected chi connectivity index (χ0v) is 23.6. The number of nitrogens with zero attached hydrogens (tertiary/aromatic N) is 4. The van der Waals surface area contributed by atoms with Crippen LogP contribution in [0.1, 0.15) is 43.7 Å². The van der Waals surface area contributed by atoms with Gasteiger partial charge in [0.2, 0.25) is 5.91 Å². The number of alkyl halides is 1. The van der Waals surface area contributed by atoms with Crippen LogP contribution in [0.15, 0.2) is 48.8 Å². The highest BCUT2D eigenvalue weighted by molar-refractivity contribution is 7.91. The maximum absolute atomic E-state index is 14.7. The molecule has 2 saturated carbocycles. The summed E-state index contributed by atoms with van der Waals surface area (Å²) in [7, 11) is -2.97. The third-order valence-electron chi connectivity index (χ3n) is 8.20. The topological polar surface area (TPSA) is 116 Å². The first kappa shape index (κ1) is 26.8. The van der Waals surface area contributed by atoms with Crippen molar-refractivity contribution >= 4 is 32.8 Å². The largest absolute Gasteiger partial charge is 0.369 e. The summed E-state index contributed by atoms with van der Waals surface area (Å²) in [4.78, 5) is 25.7. The highest BCUT2D eigenvalue weighted by Crippen LogP contribution is 2.47. The first-order valence-corrected chi connectivity index (χ1v) is 16.2. The van der Waals surface area contributed by atoms with Crippen LogP contribution in [0.4, 0.5) is 10.1 Å². The number of rotatable bonds is 6. The van der Waals surface area contributed by atoms with Crippen molar-refractivity contribution in [2.24, 2.45) is 5.92 Å². The Morgan fingerprint density at radius 2 is 1.88 bits per heavy atom. The van der Waals surface area contributed by atoms with Crippen LogP contribution in [0.3, 0.4) is 0 Å². The van der Waals surface area contributed by atoms with Crippen molar-refractivity contribution in [2.75, 3.05) is 29.5 Å². The number of nitrogens with one attached hydrogen (secondary N) is 1. The molecule has 0 spiro atoms. The molecule has 208 valence electrons. The molecule has 1 saturated heterocycles. The number of benzene rings is 1. The molecular weight excluding hydrogens is 549 g/mol. The minimum absolute atomic E-state index is 0.105.